The molecule has 0 amide bonds. The van der Waals surface area contributed by atoms with Crippen molar-refractivity contribution < 1.29 is 0 Å². The van der Waals surface area contributed by atoms with Gasteiger partial charge in [0.05, 0.1) is 6.12 Å². The molecule has 1 atom stereocenters. The van der Waals surface area contributed by atoms with Crippen LogP contribution in [0.15, 0.2) is 35.2 Å². The van der Waals surface area contributed by atoms with Gasteiger partial charge in [0.15, 0.2) is 0 Å². The maximum Gasteiger partial charge on any atom is 0.0604 e. The van der Waals surface area contributed by atoms with Crippen LogP contribution in [0.5, 0.6) is 0 Å². The summed E-state index contributed by atoms with van der Waals surface area (Å²) in [6.07, 6.45) is -1.23. The Morgan fingerprint density at radius 2 is 1.90 bits per heavy atom. The number of hydrogen-bond donors (Lipinski definition) is 2. The van der Waals surface area contributed by atoms with E-state index in [9.17, 15) is 0 Å². The van der Waals surface area contributed by atoms with Crippen molar-refractivity contribution in [1.82, 2.24) is 0 Å². The fourth-order valence-electron chi connectivity index (χ4n) is 0.600. The summed E-state index contributed by atoms with van der Waals surface area (Å²) in [6, 6.07) is 9.92. The van der Waals surface area contributed by atoms with Gasteiger partial charge in [-0.2, -0.15) is 0 Å². The monoisotopic (exact) mass is 189 g/mol. The van der Waals surface area contributed by atoms with E-state index >= 15 is 0 Å². The highest BCUT2D eigenvalue weighted by Gasteiger charge is 1.90. The lowest BCUT2D eigenvalue weighted by atomic mass is 10.4. The van der Waals surface area contributed by atoms with E-state index in [-0.39, 0.29) is 0 Å². The Labute approximate surface area is 70.4 Å². The zero-order valence-electron chi connectivity index (χ0n) is 5.24. The van der Waals surface area contributed by atoms with Gasteiger partial charge in [-0.15, -0.1) is 12.2 Å². The first-order chi connectivity index (χ1) is 4.79. The van der Waals surface area contributed by atoms with E-state index in [1.165, 1.54) is 11.4 Å². The normalized spacial score (nSPS) is 12.9. The minimum Gasteiger partial charge on any atom is -0.301 e. The van der Waals surface area contributed by atoms with Gasteiger partial charge in [0, 0.05) is 4.90 Å². The number of thiol groups is 1. The maximum atomic E-state index is 7.24. The van der Waals surface area contributed by atoms with E-state index in [1.807, 2.05) is 30.3 Å². The second-order valence-electron chi connectivity index (χ2n) is 1.72. The minimum absolute atomic E-state index is 1.14. The summed E-state index contributed by atoms with van der Waals surface area (Å²) in [5.74, 6) is 0. The van der Waals surface area contributed by atoms with E-state index in [0.29, 0.717) is 0 Å². The number of rotatable bonds is 2. The molecule has 0 saturated carbocycles. The molecule has 0 radical (unpaired) electrons. The molecule has 1 rings (SSSR count). The Hall–Kier alpha value is 0.150. The molecule has 0 spiro atoms. The second kappa shape index (κ2) is 4.12. The SMILES string of the molecule is N=[PH](S)Sc1ccccc1. The molecule has 0 bridgehead atoms. The Kier molecular flexibility index (Phi) is 3.40. The lowest BCUT2D eigenvalue weighted by molar-refractivity contribution is 1.48. The zero-order valence-corrected chi connectivity index (χ0v) is 7.95. The summed E-state index contributed by atoms with van der Waals surface area (Å²) in [6.45, 7) is 0. The van der Waals surface area contributed by atoms with E-state index in [2.05, 4.69) is 12.2 Å². The molecule has 0 heterocycles. The first kappa shape index (κ1) is 8.25. The van der Waals surface area contributed by atoms with Crippen LogP contribution in [0, 0.1) is 5.16 Å². The van der Waals surface area contributed by atoms with Crippen LogP contribution in [-0.4, -0.2) is 0 Å². The van der Waals surface area contributed by atoms with Gasteiger partial charge in [-0.05, 0) is 12.1 Å². The van der Waals surface area contributed by atoms with Crippen LogP contribution in [0.25, 0.3) is 0 Å². The molecule has 1 N–H and O–H groups in total. The van der Waals surface area contributed by atoms with Crippen molar-refractivity contribution in [2.24, 2.45) is 0 Å². The maximum absolute atomic E-state index is 7.24. The topological polar surface area (TPSA) is 23.9 Å². The van der Waals surface area contributed by atoms with Crippen molar-refractivity contribution in [2.45, 2.75) is 4.90 Å². The van der Waals surface area contributed by atoms with Crippen LogP contribution in [-0.2, 0) is 0 Å². The molecule has 0 aromatic heterocycles. The predicted octanol–water partition coefficient (Wildman–Crippen LogP) is 3.52. The van der Waals surface area contributed by atoms with Crippen molar-refractivity contribution >= 4 is 29.7 Å². The molecule has 1 aromatic rings. The Morgan fingerprint density at radius 3 is 2.40 bits per heavy atom. The molecule has 10 heavy (non-hydrogen) atoms. The van der Waals surface area contributed by atoms with Crippen molar-refractivity contribution in [3.05, 3.63) is 30.3 Å². The molecule has 0 fully saturated rings. The first-order valence-corrected chi connectivity index (χ1v) is 7.12. The average molecular weight is 189 g/mol. The third-order valence-corrected chi connectivity index (χ3v) is 3.77. The van der Waals surface area contributed by atoms with E-state index < -0.39 is 6.12 Å². The Morgan fingerprint density at radius 1 is 1.30 bits per heavy atom. The molecule has 1 unspecified atom stereocenters. The molecule has 0 aliphatic heterocycles. The molecular weight excluding hydrogens is 181 g/mol. The van der Waals surface area contributed by atoms with Gasteiger partial charge in [0.25, 0.3) is 0 Å². The van der Waals surface area contributed by atoms with Gasteiger partial charge in [0.2, 0.25) is 0 Å². The van der Waals surface area contributed by atoms with Crippen molar-refractivity contribution in [1.29, 1.82) is 5.16 Å². The summed E-state index contributed by atoms with van der Waals surface area (Å²) in [4.78, 5) is 1.14. The molecule has 54 valence electrons. The molecule has 0 aliphatic rings. The van der Waals surface area contributed by atoms with Gasteiger partial charge in [0.1, 0.15) is 0 Å². The first-order valence-electron chi connectivity index (χ1n) is 2.79. The van der Waals surface area contributed by atoms with Crippen LogP contribution in [0.4, 0.5) is 0 Å². The molecule has 4 heteroatoms. The predicted molar refractivity (Wildman–Crippen MR) is 52.3 cm³/mol. The Bertz CT molecular complexity index is 224. The minimum atomic E-state index is -1.23. The van der Waals surface area contributed by atoms with Crippen molar-refractivity contribution in [3.63, 3.8) is 0 Å². The van der Waals surface area contributed by atoms with E-state index in [0.717, 1.165) is 4.90 Å². The van der Waals surface area contributed by atoms with Crippen LogP contribution in [0.2, 0.25) is 0 Å². The summed E-state index contributed by atoms with van der Waals surface area (Å²) in [5, 5.41) is 7.24. The number of nitrogens with one attached hydrogen (secondary N) is 1. The van der Waals surface area contributed by atoms with E-state index in [1.54, 1.807) is 0 Å². The van der Waals surface area contributed by atoms with Crippen LogP contribution in [0.1, 0.15) is 0 Å². The van der Waals surface area contributed by atoms with Gasteiger partial charge >= 0.3 is 0 Å². The summed E-state index contributed by atoms with van der Waals surface area (Å²) in [7, 11) is 0. The lowest BCUT2D eigenvalue weighted by Gasteiger charge is -1.95. The fraction of sp³-hybridized carbons (Fsp3) is 0. The third-order valence-electron chi connectivity index (χ3n) is 0.958. The highest BCUT2D eigenvalue weighted by Crippen LogP contribution is 2.47. The zero-order chi connectivity index (χ0) is 7.40. The van der Waals surface area contributed by atoms with Gasteiger partial charge in [-0.3, -0.25) is 0 Å². The summed E-state index contributed by atoms with van der Waals surface area (Å²) >= 11 is 5.57. The van der Waals surface area contributed by atoms with Crippen molar-refractivity contribution in [3.8, 4) is 0 Å². The Balaban J connectivity index is 2.67. The third kappa shape index (κ3) is 2.82. The molecular formula is C6H8NPS2. The number of hydrogen-bond acceptors (Lipinski definition) is 2. The molecule has 1 nitrogen and oxygen atoms in total. The standard InChI is InChI=1S/C6H8NPS2/c7-8(9)10-6-4-2-1-3-5-6/h1-5,8H,(H2,7,9). The fourth-order valence-corrected chi connectivity index (χ4v) is 3.14. The average Bonchev–Trinajstić information content (AvgIpc) is 1.88. The molecule has 0 saturated heterocycles. The number of benzene rings is 1. The van der Waals surface area contributed by atoms with Crippen LogP contribution in [0.3, 0.4) is 0 Å². The summed E-state index contributed by atoms with van der Waals surface area (Å²) in [5.41, 5.74) is 0. The highest BCUT2D eigenvalue weighted by atomic mass is 33.1. The van der Waals surface area contributed by atoms with Gasteiger partial charge in [-0.25, -0.2) is 0 Å². The van der Waals surface area contributed by atoms with Gasteiger partial charge in [-0.1, -0.05) is 29.6 Å². The highest BCUT2D eigenvalue weighted by molar-refractivity contribution is 8.79. The van der Waals surface area contributed by atoms with E-state index in [4.69, 9.17) is 5.16 Å². The smallest absolute Gasteiger partial charge is 0.0604 e. The van der Waals surface area contributed by atoms with Crippen LogP contribution < -0.4 is 0 Å². The largest absolute Gasteiger partial charge is 0.301 e. The lowest BCUT2D eigenvalue weighted by Crippen LogP contribution is -1.61. The van der Waals surface area contributed by atoms with Crippen molar-refractivity contribution in [2.75, 3.05) is 0 Å². The van der Waals surface area contributed by atoms with Gasteiger partial charge < -0.3 is 5.16 Å². The summed E-state index contributed by atoms with van der Waals surface area (Å²) < 4.78 is 0. The molecule has 1 aromatic carbocycles. The quantitative estimate of drug-likeness (QED) is 0.539. The molecule has 0 aliphatic carbocycles. The van der Waals surface area contributed by atoms with Crippen LogP contribution >= 0.6 is 29.7 Å². The second-order valence-corrected chi connectivity index (χ2v) is 7.09.